The van der Waals surface area contributed by atoms with Crippen LogP contribution in [0.15, 0.2) is 20.0 Å². The predicted octanol–water partition coefficient (Wildman–Crippen LogP) is 1.31. The predicted molar refractivity (Wildman–Crippen MR) is 194 cm³/mol. The molecule has 4 amide bonds. The highest BCUT2D eigenvalue weighted by atomic mass is 16.5. The molecule has 0 spiro atoms. The maximum atomic E-state index is 13.8. The first-order valence-corrected chi connectivity index (χ1v) is 18.6. The fourth-order valence-electron chi connectivity index (χ4n) is 6.82. The van der Waals surface area contributed by atoms with Gasteiger partial charge < -0.3 is 40.2 Å². The SMILES string of the molecule is CC1OC2=NC1C(=O)N[C@@H](C(C)C)C1=NC(C(=O)N[C@@H](C(C)C)C3=N[C@H](C(=O)N[C@@H](C(C)C)C4=NC(C(=O)N[C@H]2C(C)C)C(C)O4)C(C)O3)C(C)O1. The summed E-state index contributed by atoms with van der Waals surface area (Å²) < 4.78 is 24.4. The third-order valence-corrected chi connectivity index (χ3v) is 10.1. The van der Waals surface area contributed by atoms with Crippen molar-refractivity contribution in [2.24, 2.45) is 43.6 Å². The standard InChI is InChI=1S/C36H56N8O8/c1-13(2)21-33-41-26(17(9)49-33)30(46)38-23(15(5)6)35-43-28(19(11)51-35)32(48)40-24(16(7)8)36-44-27(20(12)52-36)31(47)39-22(14(3)4)34-42-25(18(10)50-34)29(45)37-21/h13-28H,1-12H3,(H,37,45)(H,38,46)(H,39,47)(H,40,48)/t17?,18?,19?,20?,21-,22-,23-,24-,25-,26?,27?,28?/m0/s1. The van der Waals surface area contributed by atoms with E-state index in [1.54, 1.807) is 27.7 Å². The van der Waals surface area contributed by atoms with Crippen LogP contribution in [0, 0.1) is 23.7 Å². The van der Waals surface area contributed by atoms with Crippen molar-refractivity contribution in [3.8, 4) is 0 Å². The first kappa shape index (κ1) is 39.0. The van der Waals surface area contributed by atoms with E-state index in [4.69, 9.17) is 18.9 Å². The average Bonchev–Trinajstić information content (AvgIpc) is 3.83. The second-order valence-electron chi connectivity index (χ2n) is 15.9. The molecule has 0 aromatic heterocycles. The van der Waals surface area contributed by atoms with Crippen LogP contribution in [0.25, 0.3) is 0 Å². The topological polar surface area (TPSA) is 203 Å². The Labute approximate surface area is 305 Å². The van der Waals surface area contributed by atoms with Gasteiger partial charge in [0, 0.05) is 0 Å². The highest BCUT2D eigenvalue weighted by Gasteiger charge is 2.46. The Bertz CT molecular complexity index is 1320. The molecule has 0 aliphatic carbocycles. The smallest absolute Gasteiger partial charge is 0.249 e. The lowest BCUT2D eigenvalue weighted by Gasteiger charge is -2.25. The number of aliphatic imine (C=N–C) groups is 4. The van der Waals surface area contributed by atoms with Crippen molar-refractivity contribution in [2.45, 2.75) is 156 Å². The van der Waals surface area contributed by atoms with E-state index in [0.717, 1.165) is 0 Å². The normalized spacial score (nSPS) is 37.1. The number of fused-ring (bicyclic) bond motifs is 4. The third-order valence-electron chi connectivity index (χ3n) is 10.1. The van der Waals surface area contributed by atoms with Crippen molar-refractivity contribution in [3.63, 3.8) is 0 Å². The summed E-state index contributed by atoms with van der Waals surface area (Å²) in [6.45, 7) is 22.3. The highest BCUT2D eigenvalue weighted by molar-refractivity contribution is 6.00. The van der Waals surface area contributed by atoms with E-state index in [1.807, 2.05) is 55.4 Å². The fraction of sp³-hybridized carbons (Fsp3) is 0.778. The van der Waals surface area contributed by atoms with Crippen molar-refractivity contribution in [2.75, 3.05) is 0 Å². The van der Waals surface area contributed by atoms with Gasteiger partial charge in [0.15, 0.2) is 24.2 Å². The Kier molecular flexibility index (Phi) is 11.5. The van der Waals surface area contributed by atoms with E-state index < -0.39 is 96.4 Å². The van der Waals surface area contributed by atoms with Crippen molar-refractivity contribution in [1.82, 2.24) is 21.3 Å². The van der Waals surface area contributed by atoms with Gasteiger partial charge in [-0.15, -0.1) is 0 Å². The number of carbonyl (C=O) groups is 4. The first-order chi connectivity index (χ1) is 24.4. The number of nitrogens with zero attached hydrogens (tertiary/aromatic N) is 4. The van der Waals surface area contributed by atoms with Crippen molar-refractivity contribution < 1.29 is 38.1 Å². The number of hydrogen-bond acceptors (Lipinski definition) is 12. The van der Waals surface area contributed by atoms with E-state index in [2.05, 4.69) is 41.2 Å². The van der Waals surface area contributed by atoms with Crippen LogP contribution in [-0.4, -0.2) is 120 Å². The number of carbonyl (C=O) groups excluding carboxylic acids is 4. The maximum Gasteiger partial charge on any atom is 0.249 e. The fourth-order valence-corrected chi connectivity index (χ4v) is 6.82. The molecule has 4 N–H and O–H groups in total. The number of amides is 4. The molecule has 8 bridgehead atoms. The minimum absolute atomic E-state index is 0.148. The minimum atomic E-state index is -0.905. The summed E-state index contributed by atoms with van der Waals surface area (Å²) >= 11 is 0. The van der Waals surface area contributed by atoms with Gasteiger partial charge in [-0.3, -0.25) is 19.2 Å². The molecular weight excluding hydrogens is 672 g/mol. The molecule has 7 unspecified atom stereocenters. The molecule has 0 aromatic rings. The third kappa shape index (κ3) is 7.89. The lowest BCUT2D eigenvalue weighted by Crippen LogP contribution is -2.50. The van der Waals surface area contributed by atoms with Gasteiger partial charge in [0.05, 0.1) is 0 Å². The molecule has 0 saturated carbocycles. The van der Waals surface area contributed by atoms with E-state index in [-0.39, 0.29) is 47.3 Å². The molecule has 0 aromatic carbocycles. The average molecular weight is 729 g/mol. The summed E-state index contributed by atoms with van der Waals surface area (Å²) in [6, 6.07) is -6.23. The molecule has 12 atom stereocenters. The summed E-state index contributed by atoms with van der Waals surface area (Å²) in [5.41, 5.74) is 0. The minimum Gasteiger partial charge on any atom is -0.474 e. The molecule has 0 saturated heterocycles. The lowest BCUT2D eigenvalue weighted by atomic mass is 10.0. The van der Waals surface area contributed by atoms with Gasteiger partial charge in [-0.05, 0) is 51.4 Å². The van der Waals surface area contributed by atoms with Gasteiger partial charge in [0.25, 0.3) is 0 Å². The number of hydrogen-bond donors (Lipinski definition) is 4. The molecule has 16 nitrogen and oxygen atoms in total. The molecule has 5 rings (SSSR count). The van der Waals surface area contributed by atoms with Gasteiger partial charge in [-0.2, -0.15) is 0 Å². The van der Waals surface area contributed by atoms with Gasteiger partial charge >= 0.3 is 0 Å². The van der Waals surface area contributed by atoms with Crippen molar-refractivity contribution >= 4 is 47.2 Å². The Hall–Kier alpha value is -4.24. The number of rotatable bonds is 4. The van der Waals surface area contributed by atoms with Crippen LogP contribution in [0.4, 0.5) is 0 Å². The zero-order valence-electron chi connectivity index (χ0n) is 32.3. The second kappa shape index (κ2) is 15.4. The van der Waals surface area contributed by atoms with Gasteiger partial charge in [0.1, 0.15) is 48.6 Å². The van der Waals surface area contributed by atoms with Crippen molar-refractivity contribution in [3.05, 3.63) is 0 Å². The Morgan fingerprint density at radius 3 is 0.712 bits per heavy atom. The summed E-state index contributed by atoms with van der Waals surface area (Å²) in [5.74, 6) is -1.23. The van der Waals surface area contributed by atoms with Crippen molar-refractivity contribution in [1.29, 1.82) is 0 Å². The number of ether oxygens (including phenoxy) is 4. The quantitative estimate of drug-likeness (QED) is 0.332. The molecule has 0 fully saturated rings. The molecule has 288 valence electrons. The van der Waals surface area contributed by atoms with E-state index in [1.165, 1.54) is 0 Å². The summed E-state index contributed by atoms with van der Waals surface area (Å²) in [5, 5.41) is 12.1. The Morgan fingerprint density at radius 2 is 0.558 bits per heavy atom. The van der Waals surface area contributed by atoms with Crippen LogP contribution in [0.5, 0.6) is 0 Å². The van der Waals surface area contributed by atoms with Gasteiger partial charge in [0.2, 0.25) is 47.2 Å². The lowest BCUT2D eigenvalue weighted by molar-refractivity contribution is -0.125. The number of nitrogens with one attached hydrogen (secondary N) is 4. The Balaban J connectivity index is 1.53. The van der Waals surface area contributed by atoms with E-state index >= 15 is 0 Å². The molecule has 52 heavy (non-hydrogen) atoms. The zero-order chi connectivity index (χ0) is 38.3. The van der Waals surface area contributed by atoms with Gasteiger partial charge in [-0.1, -0.05) is 55.4 Å². The van der Waals surface area contributed by atoms with Crippen LogP contribution in [0.3, 0.4) is 0 Å². The van der Waals surface area contributed by atoms with Crippen LogP contribution >= 0.6 is 0 Å². The van der Waals surface area contributed by atoms with Crippen LogP contribution in [0.1, 0.15) is 83.1 Å². The molecule has 5 heterocycles. The zero-order valence-corrected chi connectivity index (χ0v) is 32.3. The largest absolute Gasteiger partial charge is 0.474 e. The summed E-state index contributed by atoms with van der Waals surface area (Å²) in [4.78, 5) is 73.7. The van der Waals surface area contributed by atoms with Crippen LogP contribution in [0.2, 0.25) is 0 Å². The van der Waals surface area contributed by atoms with E-state index in [9.17, 15) is 19.2 Å². The molecule has 16 heteroatoms. The van der Waals surface area contributed by atoms with E-state index in [0.29, 0.717) is 0 Å². The highest BCUT2D eigenvalue weighted by Crippen LogP contribution is 2.26. The van der Waals surface area contributed by atoms with Gasteiger partial charge in [-0.25, -0.2) is 20.0 Å². The summed E-state index contributed by atoms with van der Waals surface area (Å²) in [7, 11) is 0. The summed E-state index contributed by atoms with van der Waals surface area (Å²) in [6.07, 6.45) is -2.48. The van der Waals surface area contributed by atoms with Crippen LogP contribution < -0.4 is 21.3 Å². The first-order valence-electron chi connectivity index (χ1n) is 18.6. The monoisotopic (exact) mass is 728 g/mol. The molecule has 5 aliphatic heterocycles. The molecule has 5 aliphatic rings. The second-order valence-corrected chi connectivity index (χ2v) is 15.9. The van der Waals surface area contributed by atoms with Crippen LogP contribution in [-0.2, 0) is 38.1 Å². The maximum absolute atomic E-state index is 13.8. The molecular formula is C36H56N8O8. The molecule has 0 radical (unpaired) electrons. The Morgan fingerprint density at radius 1 is 0.385 bits per heavy atom.